The lowest BCUT2D eigenvalue weighted by Gasteiger charge is -2.28. The molecule has 0 saturated heterocycles. The summed E-state index contributed by atoms with van der Waals surface area (Å²) < 4.78 is 12.2. The van der Waals surface area contributed by atoms with Gasteiger partial charge in [-0.1, -0.05) is 27.7 Å². The Morgan fingerprint density at radius 1 is 1.08 bits per heavy atom. The van der Waals surface area contributed by atoms with E-state index >= 15 is 0 Å². The standard InChI is InChI=1S/C18H30N2O4/c1-8-18(15(21)23-9-2,16(22)24-10-3)13-12-19-14(20(13)7)11-17(4,5)6/h12H,8-11H2,1-7H3. The fourth-order valence-electron chi connectivity index (χ4n) is 2.75. The van der Waals surface area contributed by atoms with Gasteiger partial charge in [-0.2, -0.15) is 0 Å². The molecule has 0 saturated carbocycles. The topological polar surface area (TPSA) is 70.4 Å². The zero-order chi connectivity index (χ0) is 18.5. The average Bonchev–Trinajstić information content (AvgIpc) is 2.81. The van der Waals surface area contributed by atoms with Crippen LogP contribution in [0.3, 0.4) is 0 Å². The van der Waals surface area contributed by atoms with Gasteiger partial charge in [-0.05, 0) is 25.7 Å². The highest BCUT2D eigenvalue weighted by atomic mass is 16.6. The molecule has 0 amide bonds. The number of rotatable bonds is 7. The van der Waals surface area contributed by atoms with Gasteiger partial charge in [-0.25, -0.2) is 4.98 Å². The quantitative estimate of drug-likeness (QED) is 0.565. The molecule has 0 bridgehead atoms. The van der Waals surface area contributed by atoms with Crippen LogP contribution in [0.1, 0.15) is 59.5 Å². The van der Waals surface area contributed by atoms with Crippen molar-refractivity contribution < 1.29 is 19.1 Å². The smallest absolute Gasteiger partial charge is 0.329 e. The Hall–Kier alpha value is -1.85. The highest BCUT2D eigenvalue weighted by molar-refractivity contribution is 6.06. The summed E-state index contributed by atoms with van der Waals surface area (Å²) in [5, 5.41) is 0. The molecule has 0 radical (unpaired) electrons. The van der Waals surface area contributed by atoms with Crippen molar-refractivity contribution >= 4 is 11.9 Å². The van der Waals surface area contributed by atoms with E-state index in [0.29, 0.717) is 5.69 Å². The predicted molar refractivity (Wildman–Crippen MR) is 91.6 cm³/mol. The van der Waals surface area contributed by atoms with E-state index in [1.54, 1.807) is 27.0 Å². The van der Waals surface area contributed by atoms with Crippen LogP contribution in [0.15, 0.2) is 6.20 Å². The maximum Gasteiger partial charge on any atom is 0.329 e. The highest BCUT2D eigenvalue weighted by Crippen LogP contribution is 2.33. The van der Waals surface area contributed by atoms with Crippen LogP contribution in [0, 0.1) is 5.41 Å². The third-order valence-corrected chi connectivity index (χ3v) is 3.99. The summed E-state index contributed by atoms with van der Waals surface area (Å²) in [6.07, 6.45) is 2.58. The maximum absolute atomic E-state index is 12.7. The first-order chi connectivity index (χ1) is 11.1. The third kappa shape index (κ3) is 3.97. The van der Waals surface area contributed by atoms with Crippen LogP contribution in [-0.4, -0.2) is 34.7 Å². The molecular formula is C18H30N2O4. The SMILES string of the molecule is CCOC(=O)C(CC)(C(=O)OCC)c1cnc(CC(C)(C)C)n1C. The van der Waals surface area contributed by atoms with Crippen LogP contribution < -0.4 is 0 Å². The number of hydrogen-bond acceptors (Lipinski definition) is 5. The van der Waals surface area contributed by atoms with Gasteiger partial charge in [0.1, 0.15) is 5.82 Å². The number of carbonyl (C=O) groups is 2. The van der Waals surface area contributed by atoms with Crippen LogP contribution in [0.25, 0.3) is 0 Å². The summed E-state index contributed by atoms with van der Waals surface area (Å²) in [6, 6.07) is 0. The molecule has 136 valence electrons. The molecule has 0 atom stereocenters. The van der Waals surface area contributed by atoms with Gasteiger partial charge >= 0.3 is 11.9 Å². The minimum Gasteiger partial charge on any atom is -0.465 e. The fourth-order valence-corrected chi connectivity index (χ4v) is 2.75. The van der Waals surface area contributed by atoms with Gasteiger partial charge in [0.15, 0.2) is 0 Å². The summed E-state index contributed by atoms with van der Waals surface area (Å²) in [5.74, 6) is -0.351. The number of hydrogen-bond donors (Lipinski definition) is 0. The number of aromatic nitrogens is 2. The molecule has 0 fully saturated rings. The van der Waals surface area contributed by atoms with E-state index in [1.807, 2.05) is 11.6 Å². The average molecular weight is 338 g/mol. The zero-order valence-corrected chi connectivity index (χ0v) is 15.9. The van der Waals surface area contributed by atoms with E-state index in [1.165, 1.54) is 0 Å². The molecule has 1 aromatic heterocycles. The summed E-state index contributed by atoms with van der Waals surface area (Å²) in [6.45, 7) is 12.0. The van der Waals surface area contributed by atoms with E-state index < -0.39 is 17.4 Å². The Balaban J connectivity index is 3.45. The lowest BCUT2D eigenvalue weighted by atomic mass is 9.81. The second-order valence-corrected chi connectivity index (χ2v) is 7.06. The van der Waals surface area contributed by atoms with Crippen molar-refractivity contribution in [3.8, 4) is 0 Å². The Bertz CT molecular complexity index is 566. The van der Waals surface area contributed by atoms with Crippen molar-refractivity contribution in [1.29, 1.82) is 0 Å². The van der Waals surface area contributed by atoms with Crippen molar-refractivity contribution in [2.45, 2.75) is 59.8 Å². The second kappa shape index (κ2) is 7.81. The van der Waals surface area contributed by atoms with Crippen LogP contribution in [0.5, 0.6) is 0 Å². The molecule has 24 heavy (non-hydrogen) atoms. The molecule has 0 aliphatic carbocycles. The van der Waals surface area contributed by atoms with Crippen LogP contribution in [0.4, 0.5) is 0 Å². The summed E-state index contributed by atoms with van der Waals surface area (Å²) in [5.41, 5.74) is -0.926. The van der Waals surface area contributed by atoms with E-state index in [2.05, 4.69) is 25.8 Å². The zero-order valence-electron chi connectivity index (χ0n) is 15.9. The lowest BCUT2D eigenvalue weighted by molar-refractivity contribution is -0.165. The third-order valence-electron chi connectivity index (χ3n) is 3.99. The summed E-state index contributed by atoms with van der Waals surface area (Å²) >= 11 is 0. The Morgan fingerprint density at radius 3 is 1.96 bits per heavy atom. The Kier molecular flexibility index (Phi) is 6.58. The Morgan fingerprint density at radius 2 is 1.58 bits per heavy atom. The molecule has 1 rings (SSSR count). The molecule has 0 aliphatic heterocycles. The largest absolute Gasteiger partial charge is 0.465 e. The molecule has 6 heteroatoms. The molecular weight excluding hydrogens is 308 g/mol. The molecule has 0 unspecified atom stereocenters. The molecule has 1 heterocycles. The highest BCUT2D eigenvalue weighted by Gasteiger charge is 2.51. The Labute approximate surface area is 144 Å². The van der Waals surface area contributed by atoms with Gasteiger partial charge in [-0.3, -0.25) is 9.59 Å². The first kappa shape index (κ1) is 20.2. The lowest BCUT2D eigenvalue weighted by Crippen LogP contribution is -2.47. The number of ether oxygens (including phenoxy) is 2. The van der Waals surface area contributed by atoms with Gasteiger partial charge in [0.05, 0.1) is 25.1 Å². The number of imidazole rings is 1. The first-order valence-electron chi connectivity index (χ1n) is 8.49. The van der Waals surface area contributed by atoms with Crippen LogP contribution in [0.2, 0.25) is 0 Å². The van der Waals surface area contributed by atoms with Gasteiger partial charge in [0, 0.05) is 13.5 Å². The molecule has 6 nitrogen and oxygen atoms in total. The van der Waals surface area contributed by atoms with Crippen molar-refractivity contribution in [2.24, 2.45) is 12.5 Å². The maximum atomic E-state index is 12.7. The molecule has 0 spiro atoms. The van der Waals surface area contributed by atoms with Gasteiger partial charge in [-0.15, -0.1) is 0 Å². The van der Waals surface area contributed by atoms with Crippen LogP contribution in [-0.2, 0) is 37.9 Å². The molecule has 0 N–H and O–H groups in total. The van der Waals surface area contributed by atoms with E-state index in [0.717, 1.165) is 12.2 Å². The molecule has 1 aromatic rings. The second-order valence-electron chi connectivity index (χ2n) is 7.06. The van der Waals surface area contributed by atoms with E-state index in [9.17, 15) is 9.59 Å². The van der Waals surface area contributed by atoms with E-state index in [-0.39, 0.29) is 25.0 Å². The minimum atomic E-state index is -1.48. The van der Waals surface area contributed by atoms with Crippen LogP contribution >= 0.6 is 0 Å². The minimum absolute atomic E-state index is 0.0408. The number of nitrogens with zero attached hydrogens (tertiary/aromatic N) is 2. The van der Waals surface area contributed by atoms with Gasteiger partial charge in [0.25, 0.3) is 0 Å². The van der Waals surface area contributed by atoms with Crippen molar-refractivity contribution in [3.63, 3.8) is 0 Å². The summed E-state index contributed by atoms with van der Waals surface area (Å²) in [4.78, 5) is 29.8. The molecule has 0 aromatic carbocycles. The summed E-state index contributed by atoms with van der Waals surface area (Å²) in [7, 11) is 1.83. The van der Waals surface area contributed by atoms with Crippen molar-refractivity contribution in [1.82, 2.24) is 9.55 Å². The first-order valence-corrected chi connectivity index (χ1v) is 8.49. The van der Waals surface area contributed by atoms with Gasteiger partial charge < -0.3 is 14.0 Å². The number of carbonyl (C=O) groups excluding carboxylic acids is 2. The van der Waals surface area contributed by atoms with Crippen molar-refractivity contribution in [2.75, 3.05) is 13.2 Å². The van der Waals surface area contributed by atoms with Gasteiger partial charge in [0.2, 0.25) is 5.41 Å². The normalized spacial score (nSPS) is 12.1. The van der Waals surface area contributed by atoms with Crippen molar-refractivity contribution in [3.05, 3.63) is 17.7 Å². The van der Waals surface area contributed by atoms with E-state index in [4.69, 9.17) is 9.47 Å². The predicted octanol–water partition coefficient (Wildman–Crippen LogP) is 2.78. The fraction of sp³-hybridized carbons (Fsp3) is 0.722. The monoisotopic (exact) mass is 338 g/mol. The number of esters is 2. The molecule has 0 aliphatic rings.